The van der Waals surface area contributed by atoms with Gasteiger partial charge in [0.25, 0.3) is 0 Å². The van der Waals surface area contributed by atoms with Crippen LogP contribution in [-0.4, -0.2) is 19.8 Å². The van der Waals surface area contributed by atoms with Gasteiger partial charge in [-0.25, -0.2) is 0 Å². The predicted octanol–water partition coefficient (Wildman–Crippen LogP) is 1.55. The van der Waals surface area contributed by atoms with E-state index in [1.807, 2.05) is 6.07 Å². The van der Waals surface area contributed by atoms with Gasteiger partial charge in [-0.2, -0.15) is 0 Å². The molecule has 2 N–H and O–H groups in total. The van der Waals surface area contributed by atoms with Gasteiger partial charge < -0.3 is 10.1 Å². The van der Waals surface area contributed by atoms with E-state index in [1.54, 1.807) is 7.11 Å². The van der Waals surface area contributed by atoms with Gasteiger partial charge in [-0.3, -0.25) is 0 Å². The summed E-state index contributed by atoms with van der Waals surface area (Å²) in [5.41, 5.74) is 1.34. The molecule has 0 radical (unpaired) electrons. The molecule has 0 aromatic heterocycles. The number of quaternary nitrogens is 1. The molecule has 1 atom stereocenters. The second-order valence-electron chi connectivity index (χ2n) is 3.50. The van der Waals surface area contributed by atoms with Gasteiger partial charge >= 0.3 is 0 Å². The lowest BCUT2D eigenvalue weighted by Gasteiger charge is -2.09. The van der Waals surface area contributed by atoms with Crippen LogP contribution in [0.2, 0.25) is 0 Å². The summed E-state index contributed by atoms with van der Waals surface area (Å²) in [6, 6.07) is 8.91. The minimum Gasteiger partial charge on any atom is -0.379 e. The first-order valence-corrected chi connectivity index (χ1v) is 5.58. The van der Waals surface area contributed by atoms with Gasteiger partial charge in [-0.15, -0.1) is 0 Å². The molecular formula is C11H17BrNO+. The highest BCUT2D eigenvalue weighted by Gasteiger charge is 2.04. The largest absolute Gasteiger partial charge is 0.379 e. The van der Waals surface area contributed by atoms with Gasteiger partial charge in [0.05, 0.1) is 6.61 Å². The summed E-state index contributed by atoms with van der Waals surface area (Å²) < 4.78 is 6.22. The number of hydrogen-bond acceptors (Lipinski definition) is 1. The first kappa shape index (κ1) is 11.7. The molecule has 0 bridgehead atoms. The van der Waals surface area contributed by atoms with Gasteiger partial charge in [-0.1, -0.05) is 28.1 Å². The highest BCUT2D eigenvalue weighted by molar-refractivity contribution is 9.10. The highest BCUT2D eigenvalue weighted by Crippen LogP contribution is 2.10. The summed E-state index contributed by atoms with van der Waals surface area (Å²) in [5, 5.41) is 2.28. The molecule has 0 unspecified atom stereocenters. The number of benzene rings is 1. The molecule has 0 heterocycles. The van der Waals surface area contributed by atoms with E-state index < -0.39 is 0 Å². The summed E-state index contributed by atoms with van der Waals surface area (Å²) >= 11 is 3.46. The summed E-state index contributed by atoms with van der Waals surface area (Å²) in [7, 11) is 1.74. The van der Waals surface area contributed by atoms with Crippen LogP contribution >= 0.6 is 15.9 Å². The van der Waals surface area contributed by atoms with E-state index in [0.717, 1.165) is 17.6 Å². The van der Waals surface area contributed by atoms with Crippen molar-refractivity contribution in [1.29, 1.82) is 0 Å². The van der Waals surface area contributed by atoms with Crippen molar-refractivity contribution in [2.24, 2.45) is 0 Å². The molecule has 0 amide bonds. The average molecular weight is 259 g/mol. The lowest BCUT2D eigenvalue weighted by atomic mass is 10.2. The Morgan fingerprint density at radius 2 is 2.29 bits per heavy atom. The number of ether oxygens (including phenoxy) is 1. The summed E-state index contributed by atoms with van der Waals surface area (Å²) in [6.07, 6.45) is 0. The SMILES string of the molecule is COC[C@@H](C)[NH2+]Cc1cccc(Br)c1. The van der Waals surface area contributed by atoms with Crippen molar-refractivity contribution in [3.63, 3.8) is 0 Å². The Morgan fingerprint density at radius 3 is 2.93 bits per heavy atom. The lowest BCUT2D eigenvalue weighted by molar-refractivity contribution is -0.702. The van der Waals surface area contributed by atoms with Crippen molar-refractivity contribution in [3.8, 4) is 0 Å². The third kappa shape index (κ3) is 4.22. The Balaban J connectivity index is 2.37. The van der Waals surface area contributed by atoms with Gasteiger partial charge in [0.15, 0.2) is 0 Å². The molecule has 2 nitrogen and oxygen atoms in total. The molecule has 1 aromatic rings. The number of methoxy groups -OCH3 is 1. The second-order valence-corrected chi connectivity index (χ2v) is 4.42. The van der Waals surface area contributed by atoms with Gasteiger partial charge in [0, 0.05) is 17.1 Å². The Bertz CT molecular complexity index is 278. The fourth-order valence-electron chi connectivity index (χ4n) is 1.33. The Labute approximate surface area is 93.8 Å². The van der Waals surface area contributed by atoms with E-state index in [0.29, 0.717) is 6.04 Å². The molecule has 0 aliphatic rings. The van der Waals surface area contributed by atoms with Crippen molar-refractivity contribution in [2.45, 2.75) is 19.5 Å². The standard InChI is InChI=1S/C11H16BrNO/c1-9(8-14-2)13-7-10-4-3-5-11(12)6-10/h3-6,9,13H,7-8H2,1-2H3/p+1/t9-/m1/s1. The first-order valence-electron chi connectivity index (χ1n) is 4.79. The quantitative estimate of drug-likeness (QED) is 0.853. The van der Waals surface area contributed by atoms with Crippen molar-refractivity contribution in [1.82, 2.24) is 0 Å². The maximum atomic E-state index is 5.08. The van der Waals surface area contributed by atoms with Gasteiger partial charge in [0.2, 0.25) is 0 Å². The summed E-state index contributed by atoms with van der Waals surface area (Å²) in [5.74, 6) is 0. The molecule has 0 spiro atoms. The van der Waals surface area contributed by atoms with E-state index in [9.17, 15) is 0 Å². The van der Waals surface area contributed by atoms with Crippen molar-refractivity contribution in [2.75, 3.05) is 13.7 Å². The van der Waals surface area contributed by atoms with E-state index >= 15 is 0 Å². The van der Waals surface area contributed by atoms with Crippen LogP contribution in [0, 0.1) is 0 Å². The molecule has 1 rings (SSSR count). The maximum absolute atomic E-state index is 5.08. The highest BCUT2D eigenvalue weighted by atomic mass is 79.9. The van der Waals surface area contributed by atoms with Crippen LogP contribution in [0.15, 0.2) is 28.7 Å². The van der Waals surface area contributed by atoms with Crippen LogP contribution in [0.25, 0.3) is 0 Å². The van der Waals surface area contributed by atoms with Crippen molar-refractivity contribution < 1.29 is 10.1 Å². The smallest absolute Gasteiger partial charge is 0.107 e. The van der Waals surface area contributed by atoms with E-state index in [1.165, 1.54) is 5.56 Å². The Hall–Kier alpha value is -0.380. The molecule has 0 saturated heterocycles. The van der Waals surface area contributed by atoms with E-state index in [4.69, 9.17) is 4.74 Å². The van der Waals surface area contributed by atoms with Gasteiger partial charge in [-0.05, 0) is 19.1 Å². The first-order chi connectivity index (χ1) is 6.72. The van der Waals surface area contributed by atoms with Crippen LogP contribution in [0.3, 0.4) is 0 Å². The van der Waals surface area contributed by atoms with E-state index in [2.05, 4.69) is 46.4 Å². The molecule has 0 aliphatic heterocycles. The topological polar surface area (TPSA) is 25.8 Å². The lowest BCUT2D eigenvalue weighted by Crippen LogP contribution is -2.88. The molecule has 0 aliphatic carbocycles. The fourth-order valence-corrected chi connectivity index (χ4v) is 1.78. The third-order valence-electron chi connectivity index (χ3n) is 2.07. The van der Waals surface area contributed by atoms with Crippen LogP contribution in [-0.2, 0) is 11.3 Å². The number of rotatable bonds is 5. The molecule has 0 fully saturated rings. The van der Waals surface area contributed by atoms with Crippen LogP contribution in [0.4, 0.5) is 0 Å². The minimum absolute atomic E-state index is 0.513. The number of halogens is 1. The van der Waals surface area contributed by atoms with Gasteiger partial charge in [0.1, 0.15) is 12.6 Å². The molecular weight excluding hydrogens is 242 g/mol. The maximum Gasteiger partial charge on any atom is 0.107 e. The third-order valence-corrected chi connectivity index (χ3v) is 2.57. The van der Waals surface area contributed by atoms with E-state index in [-0.39, 0.29) is 0 Å². The zero-order chi connectivity index (χ0) is 10.4. The number of hydrogen-bond donors (Lipinski definition) is 1. The molecule has 3 heteroatoms. The monoisotopic (exact) mass is 258 g/mol. The van der Waals surface area contributed by atoms with Crippen LogP contribution in [0.5, 0.6) is 0 Å². The van der Waals surface area contributed by atoms with Crippen molar-refractivity contribution in [3.05, 3.63) is 34.3 Å². The van der Waals surface area contributed by atoms with Crippen LogP contribution < -0.4 is 5.32 Å². The minimum atomic E-state index is 0.513. The zero-order valence-electron chi connectivity index (χ0n) is 8.66. The molecule has 1 aromatic carbocycles. The number of nitrogens with two attached hydrogens (primary N) is 1. The molecule has 0 saturated carbocycles. The predicted molar refractivity (Wildman–Crippen MR) is 61.1 cm³/mol. The second kappa shape index (κ2) is 6.17. The normalized spacial score (nSPS) is 12.8. The Kier molecular flexibility index (Phi) is 5.15. The Morgan fingerprint density at radius 1 is 1.50 bits per heavy atom. The molecule has 78 valence electrons. The fraction of sp³-hybridized carbons (Fsp3) is 0.455. The summed E-state index contributed by atoms with van der Waals surface area (Å²) in [6.45, 7) is 3.97. The van der Waals surface area contributed by atoms with Crippen molar-refractivity contribution >= 4 is 15.9 Å². The van der Waals surface area contributed by atoms with Crippen LogP contribution in [0.1, 0.15) is 12.5 Å². The summed E-state index contributed by atoms with van der Waals surface area (Å²) in [4.78, 5) is 0. The average Bonchev–Trinajstić information content (AvgIpc) is 2.15. The molecule has 14 heavy (non-hydrogen) atoms. The zero-order valence-corrected chi connectivity index (χ0v) is 10.3.